The summed E-state index contributed by atoms with van der Waals surface area (Å²) in [6.45, 7) is 0. The Hall–Kier alpha value is -2.08. The third kappa shape index (κ3) is 3.33. The van der Waals surface area contributed by atoms with Gasteiger partial charge in [-0.2, -0.15) is 5.26 Å². The molecule has 0 fully saturated rings. The van der Waals surface area contributed by atoms with Gasteiger partial charge in [-0.05, 0) is 46.3 Å². The van der Waals surface area contributed by atoms with Gasteiger partial charge >= 0.3 is 0 Å². The van der Waals surface area contributed by atoms with Gasteiger partial charge in [0.05, 0.1) is 23.0 Å². The van der Waals surface area contributed by atoms with Gasteiger partial charge in [0.2, 0.25) is 0 Å². The molecule has 21 heavy (non-hydrogen) atoms. The summed E-state index contributed by atoms with van der Waals surface area (Å²) in [5.74, 6) is 5.32. The lowest BCUT2D eigenvalue weighted by molar-refractivity contribution is 0.601. The Balaban J connectivity index is 2.41. The number of hydrogen-bond donors (Lipinski definition) is 3. The zero-order valence-corrected chi connectivity index (χ0v) is 13.1. The average molecular weight is 367 g/mol. The number of hydrogen-bond acceptors (Lipinski definition) is 5. The minimum atomic E-state index is -3.80. The fourth-order valence-electron chi connectivity index (χ4n) is 1.69. The number of nitriles is 1. The Morgan fingerprint density at radius 3 is 2.48 bits per heavy atom. The number of nitrogen functional groups attached to an aromatic ring is 1. The molecule has 0 aliphatic carbocycles. The Morgan fingerprint density at radius 2 is 1.86 bits per heavy atom. The molecule has 8 heteroatoms. The highest BCUT2D eigenvalue weighted by Gasteiger charge is 2.19. The van der Waals surface area contributed by atoms with Crippen LogP contribution in [-0.4, -0.2) is 8.42 Å². The van der Waals surface area contributed by atoms with E-state index < -0.39 is 10.0 Å². The third-order valence-corrected chi connectivity index (χ3v) is 4.75. The summed E-state index contributed by atoms with van der Waals surface area (Å²) in [6.07, 6.45) is 0. The summed E-state index contributed by atoms with van der Waals surface area (Å²) in [6, 6.07) is 12.8. The first-order valence-corrected chi connectivity index (χ1v) is 8.03. The first kappa shape index (κ1) is 15.3. The molecular weight excluding hydrogens is 356 g/mol. The second-order valence-corrected chi connectivity index (χ2v) is 6.56. The molecule has 0 saturated heterocycles. The fraction of sp³-hybridized carbons (Fsp3) is 0. The third-order valence-electron chi connectivity index (χ3n) is 2.67. The topological polar surface area (TPSA) is 108 Å². The van der Waals surface area contributed by atoms with Crippen LogP contribution in [0, 0.1) is 11.3 Å². The lowest BCUT2D eigenvalue weighted by Gasteiger charge is -2.12. The maximum atomic E-state index is 12.4. The van der Waals surface area contributed by atoms with E-state index in [1.807, 2.05) is 6.07 Å². The van der Waals surface area contributed by atoms with Gasteiger partial charge in [-0.25, -0.2) is 8.42 Å². The van der Waals surface area contributed by atoms with E-state index in [-0.39, 0.29) is 10.6 Å². The van der Waals surface area contributed by atoms with Crippen molar-refractivity contribution in [2.45, 2.75) is 4.90 Å². The minimum Gasteiger partial charge on any atom is -0.323 e. The summed E-state index contributed by atoms with van der Waals surface area (Å²) < 4.78 is 27.7. The summed E-state index contributed by atoms with van der Waals surface area (Å²) in [5.41, 5.74) is 3.39. The van der Waals surface area contributed by atoms with Crippen LogP contribution in [-0.2, 0) is 10.0 Å². The minimum absolute atomic E-state index is 0.0313. The molecular formula is C13H11BrN4O2S. The number of benzene rings is 2. The maximum absolute atomic E-state index is 12.4. The van der Waals surface area contributed by atoms with Crippen molar-refractivity contribution in [2.24, 2.45) is 5.84 Å². The second kappa shape index (κ2) is 6.13. The highest BCUT2D eigenvalue weighted by molar-refractivity contribution is 9.10. The van der Waals surface area contributed by atoms with Crippen molar-refractivity contribution in [3.8, 4) is 6.07 Å². The number of nitrogens with zero attached hydrogens (tertiary/aromatic N) is 1. The Labute approximate surface area is 130 Å². The lowest BCUT2D eigenvalue weighted by Crippen LogP contribution is -2.17. The van der Waals surface area contributed by atoms with Crippen LogP contribution in [0.1, 0.15) is 5.56 Å². The number of para-hydroxylation sites is 1. The van der Waals surface area contributed by atoms with Crippen LogP contribution in [0.5, 0.6) is 0 Å². The monoisotopic (exact) mass is 366 g/mol. The van der Waals surface area contributed by atoms with E-state index in [2.05, 4.69) is 26.1 Å². The zero-order valence-electron chi connectivity index (χ0n) is 10.7. The van der Waals surface area contributed by atoms with Gasteiger partial charge in [-0.1, -0.05) is 12.1 Å². The smallest absolute Gasteiger partial charge is 0.264 e. The molecule has 108 valence electrons. The quantitative estimate of drug-likeness (QED) is 0.568. The number of sulfonamides is 1. The van der Waals surface area contributed by atoms with Gasteiger partial charge < -0.3 is 5.43 Å². The zero-order chi connectivity index (χ0) is 15.5. The molecule has 0 amide bonds. The molecule has 0 heterocycles. The molecule has 0 aliphatic heterocycles. The predicted molar refractivity (Wildman–Crippen MR) is 83.9 cm³/mol. The van der Waals surface area contributed by atoms with E-state index in [1.54, 1.807) is 18.2 Å². The predicted octanol–water partition coefficient (Wildman–Crippen LogP) is 2.41. The van der Waals surface area contributed by atoms with E-state index in [4.69, 9.17) is 11.1 Å². The van der Waals surface area contributed by atoms with Crippen molar-refractivity contribution < 1.29 is 8.42 Å². The van der Waals surface area contributed by atoms with E-state index in [0.717, 1.165) is 0 Å². The van der Waals surface area contributed by atoms with Crippen molar-refractivity contribution in [3.05, 3.63) is 52.5 Å². The van der Waals surface area contributed by atoms with Crippen molar-refractivity contribution in [3.63, 3.8) is 0 Å². The molecule has 0 unspecified atom stereocenters. The molecule has 6 nitrogen and oxygen atoms in total. The summed E-state index contributed by atoms with van der Waals surface area (Å²) in [7, 11) is -3.80. The van der Waals surface area contributed by atoms with E-state index >= 15 is 0 Å². The van der Waals surface area contributed by atoms with Gasteiger partial charge in [0.1, 0.15) is 4.90 Å². The van der Waals surface area contributed by atoms with E-state index in [0.29, 0.717) is 15.7 Å². The van der Waals surface area contributed by atoms with Crippen molar-refractivity contribution >= 4 is 37.3 Å². The molecule has 0 spiro atoms. The summed E-state index contributed by atoms with van der Waals surface area (Å²) in [5, 5.41) is 8.80. The van der Waals surface area contributed by atoms with Crippen LogP contribution in [0.2, 0.25) is 0 Å². The molecule has 0 radical (unpaired) electrons. The first-order valence-electron chi connectivity index (χ1n) is 5.76. The Bertz CT molecular complexity index is 815. The standard InChI is InChI=1S/C13H11BrN4O2S/c14-10-7-9(8-15)5-6-11(10)18-21(19,20)13-4-2-1-3-12(13)17-16/h1-7,17-18H,16H2. The van der Waals surface area contributed by atoms with Gasteiger partial charge in [0.25, 0.3) is 10.0 Å². The SMILES string of the molecule is N#Cc1ccc(NS(=O)(=O)c2ccccc2NN)c(Br)c1. The summed E-state index contributed by atoms with van der Waals surface area (Å²) in [4.78, 5) is 0.0313. The number of rotatable bonds is 4. The molecule has 2 aromatic carbocycles. The van der Waals surface area contributed by atoms with Crippen LogP contribution in [0.3, 0.4) is 0 Å². The lowest BCUT2D eigenvalue weighted by atomic mass is 10.2. The van der Waals surface area contributed by atoms with Crippen LogP contribution in [0.25, 0.3) is 0 Å². The van der Waals surface area contributed by atoms with Crippen molar-refractivity contribution in [1.29, 1.82) is 5.26 Å². The number of halogens is 1. The van der Waals surface area contributed by atoms with Crippen LogP contribution < -0.4 is 16.0 Å². The normalized spacial score (nSPS) is 10.7. The van der Waals surface area contributed by atoms with Crippen LogP contribution in [0.4, 0.5) is 11.4 Å². The van der Waals surface area contributed by atoms with Crippen molar-refractivity contribution in [1.82, 2.24) is 0 Å². The molecule has 0 aliphatic rings. The van der Waals surface area contributed by atoms with Gasteiger partial charge in [0.15, 0.2) is 0 Å². The summed E-state index contributed by atoms with van der Waals surface area (Å²) >= 11 is 3.23. The van der Waals surface area contributed by atoms with Gasteiger partial charge in [0, 0.05) is 4.47 Å². The average Bonchev–Trinajstić information content (AvgIpc) is 2.49. The number of anilines is 2. The molecule has 0 atom stereocenters. The molecule has 2 aromatic rings. The highest BCUT2D eigenvalue weighted by atomic mass is 79.9. The van der Waals surface area contributed by atoms with Gasteiger partial charge in [-0.15, -0.1) is 0 Å². The van der Waals surface area contributed by atoms with Crippen LogP contribution in [0.15, 0.2) is 51.8 Å². The molecule has 2 rings (SSSR count). The molecule has 0 aromatic heterocycles. The molecule has 0 bridgehead atoms. The molecule has 0 saturated carbocycles. The van der Waals surface area contributed by atoms with E-state index in [9.17, 15) is 8.42 Å². The Kier molecular flexibility index (Phi) is 4.47. The largest absolute Gasteiger partial charge is 0.323 e. The van der Waals surface area contributed by atoms with Crippen molar-refractivity contribution in [2.75, 3.05) is 10.1 Å². The van der Waals surface area contributed by atoms with E-state index in [1.165, 1.54) is 24.3 Å². The number of hydrazine groups is 1. The fourth-order valence-corrected chi connectivity index (χ4v) is 3.55. The number of nitrogens with two attached hydrogens (primary N) is 1. The second-order valence-electron chi connectivity index (χ2n) is 4.05. The molecule has 4 N–H and O–H groups in total. The maximum Gasteiger partial charge on any atom is 0.264 e. The van der Waals surface area contributed by atoms with Gasteiger partial charge in [-0.3, -0.25) is 10.6 Å². The highest BCUT2D eigenvalue weighted by Crippen LogP contribution is 2.28. The number of nitrogens with one attached hydrogen (secondary N) is 2. The van der Waals surface area contributed by atoms with Crippen LogP contribution >= 0.6 is 15.9 Å². The first-order chi connectivity index (χ1) is 9.97. The Morgan fingerprint density at radius 1 is 1.14 bits per heavy atom.